The second-order valence-corrected chi connectivity index (χ2v) is 4.51. The normalized spacial score (nSPS) is 12.0. The molecule has 1 heterocycles. The predicted molar refractivity (Wildman–Crippen MR) is 77.3 cm³/mol. The Morgan fingerprint density at radius 3 is 2.58 bits per heavy atom. The van der Waals surface area contributed by atoms with E-state index in [0.717, 1.165) is 18.9 Å². The van der Waals surface area contributed by atoms with Crippen LogP contribution in [0.1, 0.15) is 33.6 Å². The lowest BCUT2D eigenvalue weighted by atomic mass is 10.2. The van der Waals surface area contributed by atoms with Crippen molar-refractivity contribution in [2.24, 2.45) is 0 Å². The predicted octanol–water partition coefficient (Wildman–Crippen LogP) is 2.03. The molecule has 5 heteroatoms. The molecule has 0 aromatic carbocycles. The Morgan fingerprint density at radius 2 is 2.11 bits per heavy atom. The molecule has 106 valence electrons. The first-order valence-electron chi connectivity index (χ1n) is 6.75. The first kappa shape index (κ1) is 15.4. The third kappa shape index (κ3) is 5.26. The molecule has 0 radical (unpaired) electrons. The van der Waals surface area contributed by atoms with E-state index in [4.69, 9.17) is 5.11 Å². The van der Waals surface area contributed by atoms with Gasteiger partial charge in [0.15, 0.2) is 0 Å². The van der Waals surface area contributed by atoms with Crippen LogP contribution in [0.25, 0.3) is 0 Å². The maximum absolute atomic E-state index is 11.6. The molecule has 0 aliphatic heterocycles. The summed E-state index contributed by atoms with van der Waals surface area (Å²) in [4.78, 5) is 18.1. The van der Waals surface area contributed by atoms with Crippen molar-refractivity contribution in [2.75, 3.05) is 23.3 Å². The molecule has 1 aromatic heterocycles. The SMILES string of the molecule is CCN(CC)c1ccc(NC(=O)CCC(C)O)cn1. The molecule has 0 aliphatic rings. The van der Waals surface area contributed by atoms with Crippen LogP contribution < -0.4 is 10.2 Å². The maximum Gasteiger partial charge on any atom is 0.224 e. The Morgan fingerprint density at radius 1 is 1.42 bits per heavy atom. The number of carbonyl (C=O) groups excluding carboxylic acids is 1. The molecule has 0 saturated carbocycles. The molecule has 1 atom stereocenters. The van der Waals surface area contributed by atoms with Crippen LogP contribution in [0.4, 0.5) is 11.5 Å². The van der Waals surface area contributed by atoms with E-state index in [9.17, 15) is 4.79 Å². The minimum Gasteiger partial charge on any atom is -0.393 e. The van der Waals surface area contributed by atoms with E-state index in [-0.39, 0.29) is 5.91 Å². The topological polar surface area (TPSA) is 65.5 Å². The Hall–Kier alpha value is -1.62. The van der Waals surface area contributed by atoms with Gasteiger partial charge in [0.2, 0.25) is 5.91 Å². The van der Waals surface area contributed by atoms with E-state index in [0.29, 0.717) is 18.5 Å². The standard InChI is InChI=1S/C14H23N3O2/c1-4-17(5-2)13-8-7-12(10-15-13)16-14(19)9-6-11(3)18/h7-8,10-11,18H,4-6,9H2,1-3H3,(H,16,19). The van der Waals surface area contributed by atoms with Crippen LogP contribution in [-0.2, 0) is 4.79 Å². The number of aromatic nitrogens is 1. The van der Waals surface area contributed by atoms with Crippen LogP contribution in [0.3, 0.4) is 0 Å². The summed E-state index contributed by atoms with van der Waals surface area (Å²) in [5.74, 6) is 0.810. The minimum atomic E-state index is -0.450. The molecule has 1 amide bonds. The highest BCUT2D eigenvalue weighted by Crippen LogP contribution is 2.14. The van der Waals surface area contributed by atoms with Crippen LogP contribution >= 0.6 is 0 Å². The lowest BCUT2D eigenvalue weighted by Crippen LogP contribution is -2.23. The van der Waals surface area contributed by atoms with E-state index >= 15 is 0 Å². The van der Waals surface area contributed by atoms with Crippen LogP contribution in [0.5, 0.6) is 0 Å². The van der Waals surface area contributed by atoms with Gasteiger partial charge in [-0.3, -0.25) is 4.79 Å². The highest BCUT2D eigenvalue weighted by molar-refractivity contribution is 5.90. The zero-order valence-corrected chi connectivity index (χ0v) is 11.9. The number of hydrogen-bond donors (Lipinski definition) is 2. The van der Waals surface area contributed by atoms with E-state index in [2.05, 4.69) is 29.0 Å². The lowest BCUT2D eigenvalue weighted by Gasteiger charge is -2.19. The zero-order valence-electron chi connectivity index (χ0n) is 11.9. The molecule has 0 spiro atoms. The molecular weight excluding hydrogens is 242 g/mol. The summed E-state index contributed by atoms with van der Waals surface area (Å²) < 4.78 is 0. The highest BCUT2D eigenvalue weighted by Gasteiger charge is 2.06. The average Bonchev–Trinajstić information content (AvgIpc) is 2.40. The van der Waals surface area contributed by atoms with Crippen LogP contribution in [0.2, 0.25) is 0 Å². The second kappa shape index (κ2) is 7.74. The molecule has 0 aliphatic carbocycles. The van der Waals surface area contributed by atoms with Gasteiger partial charge >= 0.3 is 0 Å². The number of aliphatic hydroxyl groups is 1. The number of hydrogen-bond acceptors (Lipinski definition) is 4. The van der Waals surface area contributed by atoms with Gasteiger partial charge in [0.1, 0.15) is 5.82 Å². The highest BCUT2D eigenvalue weighted by atomic mass is 16.3. The Kier molecular flexibility index (Phi) is 6.29. The van der Waals surface area contributed by atoms with Gasteiger partial charge in [-0.1, -0.05) is 0 Å². The fourth-order valence-electron chi connectivity index (χ4n) is 1.76. The van der Waals surface area contributed by atoms with Crippen molar-refractivity contribution in [3.05, 3.63) is 18.3 Å². The van der Waals surface area contributed by atoms with Crippen molar-refractivity contribution >= 4 is 17.4 Å². The third-order valence-electron chi connectivity index (χ3n) is 2.91. The maximum atomic E-state index is 11.6. The number of nitrogens with zero attached hydrogens (tertiary/aromatic N) is 2. The van der Waals surface area contributed by atoms with Gasteiger partial charge in [-0.05, 0) is 39.3 Å². The summed E-state index contributed by atoms with van der Waals surface area (Å²) in [7, 11) is 0. The molecule has 2 N–H and O–H groups in total. The zero-order chi connectivity index (χ0) is 14.3. The summed E-state index contributed by atoms with van der Waals surface area (Å²) in [6.07, 6.45) is 1.99. The third-order valence-corrected chi connectivity index (χ3v) is 2.91. The molecule has 5 nitrogen and oxygen atoms in total. The summed E-state index contributed by atoms with van der Waals surface area (Å²) in [5.41, 5.74) is 0.687. The first-order valence-corrected chi connectivity index (χ1v) is 6.75. The van der Waals surface area contributed by atoms with Gasteiger partial charge in [-0.2, -0.15) is 0 Å². The molecule has 19 heavy (non-hydrogen) atoms. The van der Waals surface area contributed by atoms with Gasteiger partial charge in [0, 0.05) is 19.5 Å². The average molecular weight is 265 g/mol. The Balaban J connectivity index is 2.54. The van der Waals surface area contributed by atoms with E-state index in [1.165, 1.54) is 0 Å². The van der Waals surface area contributed by atoms with Crippen molar-refractivity contribution in [1.29, 1.82) is 0 Å². The minimum absolute atomic E-state index is 0.0988. The van der Waals surface area contributed by atoms with Gasteiger partial charge < -0.3 is 15.3 Å². The number of amides is 1. The van der Waals surface area contributed by atoms with Crippen molar-refractivity contribution in [3.63, 3.8) is 0 Å². The van der Waals surface area contributed by atoms with Crippen molar-refractivity contribution < 1.29 is 9.90 Å². The van der Waals surface area contributed by atoms with Crippen molar-refractivity contribution in [1.82, 2.24) is 4.98 Å². The first-order chi connectivity index (χ1) is 9.06. The summed E-state index contributed by atoms with van der Waals surface area (Å²) in [6.45, 7) is 7.65. The molecule has 0 fully saturated rings. The molecule has 1 unspecified atom stereocenters. The molecule has 1 rings (SSSR count). The second-order valence-electron chi connectivity index (χ2n) is 4.51. The molecule has 0 bridgehead atoms. The van der Waals surface area contributed by atoms with Gasteiger partial charge in [0.05, 0.1) is 18.0 Å². The van der Waals surface area contributed by atoms with Gasteiger partial charge in [-0.25, -0.2) is 4.98 Å². The monoisotopic (exact) mass is 265 g/mol. The molecule has 0 saturated heterocycles. The summed E-state index contributed by atoms with van der Waals surface area (Å²) in [6, 6.07) is 3.75. The number of rotatable bonds is 7. The quantitative estimate of drug-likeness (QED) is 0.791. The van der Waals surface area contributed by atoms with Crippen molar-refractivity contribution in [3.8, 4) is 0 Å². The Labute approximate surface area is 114 Å². The van der Waals surface area contributed by atoms with Crippen molar-refractivity contribution in [2.45, 2.75) is 39.7 Å². The lowest BCUT2D eigenvalue weighted by molar-refractivity contribution is -0.116. The molecular formula is C14H23N3O2. The number of nitrogens with one attached hydrogen (secondary N) is 1. The smallest absolute Gasteiger partial charge is 0.224 e. The van der Waals surface area contributed by atoms with Crippen LogP contribution in [-0.4, -0.2) is 35.2 Å². The van der Waals surface area contributed by atoms with E-state index < -0.39 is 6.10 Å². The Bertz CT molecular complexity index is 386. The number of aliphatic hydroxyl groups excluding tert-OH is 1. The fraction of sp³-hybridized carbons (Fsp3) is 0.571. The largest absolute Gasteiger partial charge is 0.393 e. The summed E-state index contributed by atoms with van der Waals surface area (Å²) in [5, 5.41) is 11.9. The number of pyridine rings is 1. The van der Waals surface area contributed by atoms with Gasteiger partial charge in [-0.15, -0.1) is 0 Å². The fourth-order valence-corrected chi connectivity index (χ4v) is 1.76. The summed E-state index contributed by atoms with van der Waals surface area (Å²) >= 11 is 0. The van der Waals surface area contributed by atoms with Gasteiger partial charge in [0.25, 0.3) is 0 Å². The van der Waals surface area contributed by atoms with E-state index in [1.807, 2.05) is 12.1 Å². The number of carbonyl (C=O) groups is 1. The van der Waals surface area contributed by atoms with Crippen LogP contribution in [0, 0.1) is 0 Å². The van der Waals surface area contributed by atoms with E-state index in [1.54, 1.807) is 13.1 Å². The number of anilines is 2. The molecule has 1 aromatic rings. The van der Waals surface area contributed by atoms with Crippen LogP contribution in [0.15, 0.2) is 18.3 Å².